The molecule has 0 spiro atoms. The van der Waals surface area contributed by atoms with Crippen molar-refractivity contribution in [3.05, 3.63) is 237 Å². The Balaban J connectivity index is 0.983. The Kier molecular flexibility index (Phi) is 9.11. The standard InChI is InChI=1S/C58H39NS/c1-2-12-40(13-3-1)41-24-26-42(27-25-41)44-32-36-48(37-33-44)59(56-22-8-6-17-52(56)54-20-11-21-55-53-18-7-9-23-57(53)60-58(54)55)49-38-34-45(35-39-49)43-28-30-47(31-29-43)51-19-10-15-46-14-4-5-16-50(46)51/h1-39H. The summed E-state index contributed by atoms with van der Waals surface area (Å²) in [5.41, 5.74) is 15.4. The highest BCUT2D eigenvalue weighted by Crippen LogP contribution is 2.46. The van der Waals surface area contributed by atoms with Crippen molar-refractivity contribution in [3.8, 4) is 55.6 Å². The third-order valence-corrected chi connectivity index (χ3v) is 13.0. The predicted molar refractivity (Wildman–Crippen MR) is 259 cm³/mol. The summed E-state index contributed by atoms with van der Waals surface area (Å²) in [4.78, 5) is 2.41. The van der Waals surface area contributed by atoms with Gasteiger partial charge in [-0.3, -0.25) is 0 Å². The molecule has 10 aromatic carbocycles. The molecule has 1 aromatic heterocycles. The first-order chi connectivity index (χ1) is 29.7. The maximum Gasteiger partial charge on any atom is 0.0540 e. The van der Waals surface area contributed by atoms with Crippen molar-refractivity contribution in [1.82, 2.24) is 0 Å². The van der Waals surface area contributed by atoms with Gasteiger partial charge in [-0.25, -0.2) is 0 Å². The van der Waals surface area contributed by atoms with E-state index in [0.29, 0.717) is 0 Å². The molecule has 0 unspecified atom stereocenters. The van der Waals surface area contributed by atoms with Crippen LogP contribution in [0.2, 0.25) is 0 Å². The molecule has 0 fully saturated rings. The fourth-order valence-corrected chi connectivity index (χ4v) is 9.92. The smallest absolute Gasteiger partial charge is 0.0540 e. The van der Waals surface area contributed by atoms with Crippen molar-refractivity contribution < 1.29 is 0 Å². The summed E-state index contributed by atoms with van der Waals surface area (Å²) in [5, 5.41) is 5.14. The second-order valence-electron chi connectivity index (χ2n) is 15.3. The van der Waals surface area contributed by atoms with Crippen LogP contribution in [0, 0.1) is 0 Å². The van der Waals surface area contributed by atoms with Crippen LogP contribution in [0.1, 0.15) is 0 Å². The molecule has 11 rings (SSSR count). The summed E-state index contributed by atoms with van der Waals surface area (Å²) in [6, 6.07) is 86.0. The van der Waals surface area contributed by atoms with Gasteiger partial charge < -0.3 is 4.90 Å². The molecule has 0 bridgehead atoms. The zero-order valence-corrected chi connectivity index (χ0v) is 33.7. The van der Waals surface area contributed by atoms with Crippen LogP contribution in [0.15, 0.2) is 237 Å². The highest BCUT2D eigenvalue weighted by molar-refractivity contribution is 7.26. The molecule has 1 heterocycles. The lowest BCUT2D eigenvalue weighted by Crippen LogP contribution is -2.11. The molecule has 0 amide bonds. The highest BCUT2D eigenvalue weighted by atomic mass is 32.1. The van der Waals surface area contributed by atoms with Gasteiger partial charge in [0.1, 0.15) is 0 Å². The van der Waals surface area contributed by atoms with Gasteiger partial charge in [-0.1, -0.05) is 200 Å². The number of hydrogen-bond donors (Lipinski definition) is 0. The van der Waals surface area contributed by atoms with Crippen molar-refractivity contribution in [2.45, 2.75) is 0 Å². The monoisotopic (exact) mass is 781 g/mol. The van der Waals surface area contributed by atoms with E-state index in [9.17, 15) is 0 Å². The van der Waals surface area contributed by atoms with E-state index in [4.69, 9.17) is 0 Å². The van der Waals surface area contributed by atoms with Gasteiger partial charge in [0.2, 0.25) is 0 Å². The van der Waals surface area contributed by atoms with Crippen LogP contribution in [-0.4, -0.2) is 0 Å². The fourth-order valence-electron chi connectivity index (χ4n) is 8.69. The van der Waals surface area contributed by atoms with Gasteiger partial charge in [-0.2, -0.15) is 0 Å². The average Bonchev–Trinajstić information content (AvgIpc) is 3.72. The molecule has 0 saturated carbocycles. The first-order valence-electron chi connectivity index (χ1n) is 20.5. The lowest BCUT2D eigenvalue weighted by molar-refractivity contribution is 1.28. The van der Waals surface area contributed by atoms with Gasteiger partial charge in [0.05, 0.1) is 5.69 Å². The molecule has 0 aliphatic carbocycles. The first-order valence-corrected chi connectivity index (χ1v) is 21.3. The zero-order chi connectivity index (χ0) is 39.8. The van der Waals surface area contributed by atoms with Crippen LogP contribution >= 0.6 is 11.3 Å². The van der Waals surface area contributed by atoms with E-state index in [0.717, 1.165) is 17.1 Å². The number of hydrogen-bond acceptors (Lipinski definition) is 2. The summed E-state index contributed by atoms with van der Waals surface area (Å²) in [6.45, 7) is 0. The Hall–Kier alpha value is -7.52. The van der Waals surface area contributed by atoms with Crippen molar-refractivity contribution in [2.75, 3.05) is 4.90 Å². The minimum absolute atomic E-state index is 1.10. The van der Waals surface area contributed by atoms with E-state index in [2.05, 4.69) is 241 Å². The highest BCUT2D eigenvalue weighted by Gasteiger charge is 2.20. The molecular weight excluding hydrogens is 743 g/mol. The van der Waals surface area contributed by atoms with Crippen LogP contribution in [0.5, 0.6) is 0 Å². The summed E-state index contributed by atoms with van der Waals surface area (Å²) >= 11 is 1.88. The fraction of sp³-hybridized carbons (Fsp3) is 0. The number of nitrogens with zero attached hydrogens (tertiary/aromatic N) is 1. The van der Waals surface area contributed by atoms with Crippen LogP contribution in [0.4, 0.5) is 17.1 Å². The van der Waals surface area contributed by atoms with Gasteiger partial charge >= 0.3 is 0 Å². The molecular formula is C58H39NS. The lowest BCUT2D eigenvalue weighted by Gasteiger charge is -2.28. The van der Waals surface area contributed by atoms with Crippen LogP contribution in [-0.2, 0) is 0 Å². The molecule has 1 nitrogen and oxygen atoms in total. The molecule has 2 heteroatoms. The molecule has 0 saturated heterocycles. The van der Waals surface area contributed by atoms with E-state index in [1.54, 1.807) is 0 Å². The molecule has 11 aromatic rings. The Bertz CT molecular complexity index is 3270. The molecule has 0 aliphatic heterocycles. The third-order valence-electron chi connectivity index (χ3n) is 11.7. The summed E-state index contributed by atoms with van der Waals surface area (Å²) < 4.78 is 2.62. The van der Waals surface area contributed by atoms with Gasteiger partial charge in [-0.15, -0.1) is 11.3 Å². The van der Waals surface area contributed by atoms with Gasteiger partial charge in [-0.05, 0) is 91.7 Å². The number of para-hydroxylation sites is 1. The number of fused-ring (bicyclic) bond motifs is 4. The molecule has 0 N–H and O–H groups in total. The molecule has 60 heavy (non-hydrogen) atoms. The normalized spacial score (nSPS) is 11.3. The largest absolute Gasteiger partial charge is 0.310 e. The Morgan fingerprint density at radius 3 is 1.37 bits per heavy atom. The summed E-state index contributed by atoms with van der Waals surface area (Å²) in [7, 11) is 0. The Morgan fingerprint density at radius 2 is 0.700 bits per heavy atom. The first kappa shape index (κ1) is 35.6. The number of benzene rings is 10. The van der Waals surface area contributed by atoms with Crippen molar-refractivity contribution >= 4 is 59.3 Å². The Labute approximate surface area is 354 Å². The molecule has 282 valence electrons. The predicted octanol–water partition coefficient (Wildman–Crippen LogP) is 17.0. The van der Waals surface area contributed by atoms with Gasteiger partial charge in [0, 0.05) is 42.7 Å². The third kappa shape index (κ3) is 6.54. The van der Waals surface area contributed by atoms with E-state index >= 15 is 0 Å². The van der Waals surface area contributed by atoms with Crippen molar-refractivity contribution in [3.63, 3.8) is 0 Å². The van der Waals surface area contributed by atoms with Crippen LogP contribution in [0.25, 0.3) is 86.6 Å². The van der Waals surface area contributed by atoms with E-state index < -0.39 is 0 Å². The average molecular weight is 782 g/mol. The molecule has 0 aliphatic rings. The van der Waals surface area contributed by atoms with Gasteiger partial charge in [0.15, 0.2) is 0 Å². The van der Waals surface area contributed by atoms with Crippen LogP contribution in [0.3, 0.4) is 0 Å². The SMILES string of the molecule is c1ccc(-c2ccc(-c3ccc(N(c4ccc(-c5ccc(-c6cccc7ccccc67)cc5)cc4)c4ccccc4-c4cccc5c4sc4ccccc45)cc3)cc2)cc1. The lowest BCUT2D eigenvalue weighted by atomic mass is 9.96. The van der Waals surface area contributed by atoms with E-state index in [1.165, 1.54) is 86.6 Å². The maximum atomic E-state index is 2.41. The second kappa shape index (κ2) is 15.3. The minimum atomic E-state index is 1.10. The number of thiophene rings is 1. The van der Waals surface area contributed by atoms with Crippen molar-refractivity contribution in [1.29, 1.82) is 0 Å². The maximum absolute atomic E-state index is 2.41. The quantitative estimate of drug-likeness (QED) is 0.148. The van der Waals surface area contributed by atoms with Gasteiger partial charge in [0.25, 0.3) is 0 Å². The molecule has 0 radical (unpaired) electrons. The summed E-state index contributed by atoms with van der Waals surface area (Å²) in [5.74, 6) is 0. The van der Waals surface area contributed by atoms with Crippen LogP contribution < -0.4 is 4.90 Å². The minimum Gasteiger partial charge on any atom is -0.310 e. The summed E-state index contributed by atoms with van der Waals surface area (Å²) in [6.07, 6.45) is 0. The Morgan fingerprint density at radius 1 is 0.267 bits per heavy atom. The topological polar surface area (TPSA) is 3.24 Å². The van der Waals surface area contributed by atoms with Crippen molar-refractivity contribution in [2.24, 2.45) is 0 Å². The van der Waals surface area contributed by atoms with E-state index in [-0.39, 0.29) is 0 Å². The van der Waals surface area contributed by atoms with E-state index in [1.807, 2.05) is 11.3 Å². The molecule has 0 atom stereocenters. The number of anilines is 3. The number of rotatable bonds is 8. The zero-order valence-electron chi connectivity index (χ0n) is 32.9. The second-order valence-corrected chi connectivity index (χ2v) is 16.3.